The molecule has 14 heavy (non-hydrogen) atoms. The lowest BCUT2D eigenvalue weighted by Crippen LogP contribution is -1.96. The van der Waals surface area contributed by atoms with Crippen molar-refractivity contribution < 1.29 is 0 Å². The Balaban J connectivity index is 2.41. The number of aryl methyl sites for hydroxylation is 1. The maximum atomic E-state index is 5.64. The Morgan fingerprint density at radius 2 is 2.29 bits per heavy atom. The molecule has 1 unspecified atom stereocenters. The number of nitrogens with two attached hydrogens (primary N) is 1. The van der Waals surface area contributed by atoms with Gasteiger partial charge in [-0.2, -0.15) is 0 Å². The Morgan fingerprint density at radius 1 is 1.57 bits per heavy atom. The number of nitrogen functional groups attached to an aromatic ring is 1. The van der Waals surface area contributed by atoms with Crippen molar-refractivity contribution in [2.24, 2.45) is 5.92 Å². The molecule has 1 atom stereocenters. The Bertz CT molecular complexity index is 284. The molecule has 0 aliphatic carbocycles. The van der Waals surface area contributed by atoms with Crippen LogP contribution in [0.15, 0.2) is 4.21 Å². The van der Waals surface area contributed by atoms with Crippen molar-refractivity contribution in [3.8, 4) is 0 Å². The number of thiazole rings is 1. The van der Waals surface area contributed by atoms with Crippen LogP contribution in [0.2, 0.25) is 0 Å². The molecule has 0 bridgehead atoms. The molecule has 1 rings (SSSR count). The number of nitrogens with zero attached hydrogens (tertiary/aromatic N) is 1. The number of hydrogen-bond donors (Lipinski definition) is 1. The minimum Gasteiger partial charge on any atom is -0.375 e. The second-order valence-electron chi connectivity index (χ2n) is 3.63. The monoisotopic (exact) mass is 230 g/mol. The van der Waals surface area contributed by atoms with Crippen molar-refractivity contribution in [2.75, 3.05) is 11.5 Å². The molecule has 0 radical (unpaired) electrons. The maximum absolute atomic E-state index is 5.64. The first-order chi connectivity index (χ1) is 6.63. The van der Waals surface area contributed by atoms with Gasteiger partial charge in [-0.05, 0) is 12.8 Å². The van der Waals surface area contributed by atoms with Gasteiger partial charge in [-0.15, -0.1) is 11.8 Å². The molecule has 0 aliphatic rings. The number of thioether (sulfide) groups is 1. The summed E-state index contributed by atoms with van der Waals surface area (Å²) in [5.74, 6) is 1.96. The fourth-order valence-corrected chi connectivity index (χ4v) is 3.45. The second kappa shape index (κ2) is 5.61. The van der Waals surface area contributed by atoms with Gasteiger partial charge in [0.1, 0.15) is 0 Å². The van der Waals surface area contributed by atoms with Gasteiger partial charge in [0.25, 0.3) is 0 Å². The standard InChI is InChI=1S/C10H18N2S2/c1-4-5-7(2)6-13-9-8(3)12-10(11)14-9/h7H,4-6H2,1-3H3,(H2,11,12). The molecule has 0 amide bonds. The third kappa shape index (κ3) is 3.50. The van der Waals surface area contributed by atoms with Gasteiger partial charge in [0.2, 0.25) is 0 Å². The Labute approximate surface area is 94.3 Å². The molecule has 0 saturated carbocycles. The molecule has 1 aromatic rings. The number of rotatable bonds is 5. The molecule has 0 fully saturated rings. The smallest absolute Gasteiger partial charge is 0.181 e. The quantitative estimate of drug-likeness (QED) is 0.786. The van der Waals surface area contributed by atoms with Gasteiger partial charge >= 0.3 is 0 Å². The van der Waals surface area contributed by atoms with Crippen molar-refractivity contribution in [1.29, 1.82) is 0 Å². The summed E-state index contributed by atoms with van der Waals surface area (Å²) in [6, 6.07) is 0. The van der Waals surface area contributed by atoms with E-state index in [1.165, 1.54) is 22.8 Å². The third-order valence-corrected chi connectivity index (χ3v) is 4.73. The van der Waals surface area contributed by atoms with Crippen LogP contribution in [0.1, 0.15) is 32.4 Å². The van der Waals surface area contributed by atoms with E-state index in [0.29, 0.717) is 5.13 Å². The van der Waals surface area contributed by atoms with E-state index in [1.54, 1.807) is 11.3 Å². The molecule has 0 aliphatic heterocycles. The van der Waals surface area contributed by atoms with E-state index in [9.17, 15) is 0 Å². The van der Waals surface area contributed by atoms with Crippen LogP contribution in [0.4, 0.5) is 5.13 Å². The highest BCUT2D eigenvalue weighted by molar-refractivity contribution is 8.01. The summed E-state index contributed by atoms with van der Waals surface area (Å²) in [4.78, 5) is 4.21. The summed E-state index contributed by atoms with van der Waals surface area (Å²) in [7, 11) is 0. The first-order valence-electron chi connectivity index (χ1n) is 4.99. The highest BCUT2D eigenvalue weighted by atomic mass is 32.2. The van der Waals surface area contributed by atoms with E-state index >= 15 is 0 Å². The Hall–Kier alpha value is -0.220. The fourth-order valence-electron chi connectivity index (χ4n) is 1.33. The van der Waals surface area contributed by atoms with E-state index < -0.39 is 0 Å². The first kappa shape index (κ1) is 11.9. The molecule has 80 valence electrons. The molecular weight excluding hydrogens is 212 g/mol. The van der Waals surface area contributed by atoms with E-state index in [4.69, 9.17) is 5.73 Å². The zero-order chi connectivity index (χ0) is 10.6. The summed E-state index contributed by atoms with van der Waals surface area (Å²) in [6.07, 6.45) is 2.58. The molecule has 4 heteroatoms. The van der Waals surface area contributed by atoms with E-state index in [-0.39, 0.29) is 0 Å². The second-order valence-corrected chi connectivity index (χ2v) is 5.95. The van der Waals surface area contributed by atoms with Gasteiger partial charge in [-0.3, -0.25) is 0 Å². The molecule has 2 N–H and O–H groups in total. The zero-order valence-corrected chi connectivity index (χ0v) is 10.7. The average molecular weight is 230 g/mol. The SMILES string of the molecule is CCCC(C)CSc1sc(N)nc1C. The molecule has 2 nitrogen and oxygen atoms in total. The first-order valence-corrected chi connectivity index (χ1v) is 6.79. The summed E-state index contributed by atoms with van der Waals surface area (Å²) >= 11 is 3.50. The van der Waals surface area contributed by atoms with Crippen LogP contribution in [-0.4, -0.2) is 10.7 Å². The van der Waals surface area contributed by atoms with Crippen molar-refractivity contribution in [2.45, 2.75) is 37.8 Å². The average Bonchev–Trinajstić information content (AvgIpc) is 2.42. The minimum atomic E-state index is 0.688. The zero-order valence-electron chi connectivity index (χ0n) is 9.04. The lowest BCUT2D eigenvalue weighted by molar-refractivity contribution is 0.585. The van der Waals surface area contributed by atoms with Crippen molar-refractivity contribution in [3.63, 3.8) is 0 Å². The van der Waals surface area contributed by atoms with Crippen LogP contribution in [0, 0.1) is 12.8 Å². The van der Waals surface area contributed by atoms with E-state index in [1.807, 2.05) is 18.7 Å². The summed E-state index contributed by atoms with van der Waals surface area (Å²) < 4.78 is 1.28. The van der Waals surface area contributed by atoms with Crippen LogP contribution in [0.25, 0.3) is 0 Å². The molecular formula is C10H18N2S2. The summed E-state index contributed by atoms with van der Waals surface area (Å²) in [6.45, 7) is 6.56. The highest BCUT2D eigenvalue weighted by Gasteiger charge is 2.08. The lowest BCUT2D eigenvalue weighted by Gasteiger charge is -2.07. The van der Waals surface area contributed by atoms with Gasteiger partial charge in [-0.25, -0.2) is 4.98 Å². The normalized spacial score (nSPS) is 13.1. The Kier molecular flexibility index (Phi) is 4.75. The summed E-state index contributed by atoms with van der Waals surface area (Å²) in [5, 5.41) is 0.688. The van der Waals surface area contributed by atoms with E-state index in [0.717, 1.165) is 11.6 Å². The molecule has 1 heterocycles. The number of aromatic nitrogens is 1. The van der Waals surface area contributed by atoms with Crippen LogP contribution in [-0.2, 0) is 0 Å². The highest BCUT2D eigenvalue weighted by Crippen LogP contribution is 2.32. The fraction of sp³-hybridized carbons (Fsp3) is 0.700. The van der Waals surface area contributed by atoms with Crippen molar-refractivity contribution >= 4 is 28.2 Å². The van der Waals surface area contributed by atoms with Crippen LogP contribution in [0.3, 0.4) is 0 Å². The maximum Gasteiger partial charge on any atom is 0.181 e. The minimum absolute atomic E-state index is 0.688. The van der Waals surface area contributed by atoms with Crippen molar-refractivity contribution in [1.82, 2.24) is 4.98 Å². The predicted octanol–water partition coefficient (Wildman–Crippen LogP) is 3.56. The molecule has 0 spiro atoms. The number of anilines is 1. The van der Waals surface area contributed by atoms with Crippen LogP contribution in [0.5, 0.6) is 0 Å². The van der Waals surface area contributed by atoms with Crippen LogP contribution < -0.4 is 5.73 Å². The molecule has 1 aromatic heterocycles. The number of hydrogen-bond acceptors (Lipinski definition) is 4. The third-order valence-electron chi connectivity index (χ3n) is 2.05. The van der Waals surface area contributed by atoms with E-state index in [2.05, 4.69) is 18.8 Å². The van der Waals surface area contributed by atoms with Gasteiger partial charge in [-0.1, -0.05) is 38.0 Å². The largest absolute Gasteiger partial charge is 0.375 e. The topological polar surface area (TPSA) is 38.9 Å². The molecule has 0 aromatic carbocycles. The van der Waals surface area contributed by atoms with Gasteiger partial charge < -0.3 is 5.73 Å². The Morgan fingerprint density at radius 3 is 2.79 bits per heavy atom. The summed E-state index contributed by atoms with van der Waals surface area (Å²) in [5.41, 5.74) is 6.72. The van der Waals surface area contributed by atoms with Gasteiger partial charge in [0.15, 0.2) is 5.13 Å². The van der Waals surface area contributed by atoms with Gasteiger partial charge in [0, 0.05) is 5.75 Å². The lowest BCUT2D eigenvalue weighted by atomic mass is 10.1. The molecule has 0 saturated heterocycles. The van der Waals surface area contributed by atoms with Crippen molar-refractivity contribution in [3.05, 3.63) is 5.69 Å². The van der Waals surface area contributed by atoms with Gasteiger partial charge in [0.05, 0.1) is 9.90 Å². The van der Waals surface area contributed by atoms with Crippen LogP contribution >= 0.6 is 23.1 Å². The predicted molar refractivity (Wildman–Crippen MR) is 66.1 cm³/mol.